The summed E-state index contributed by atoms with van der Waals surface area (Å²) in [5.41, 5.74) is -0.0216. The fourth-order valence-corrected chi connectivity index (χ4v) is 1.98. The van der Waals surface area contributed by atoms with E-state index in [2.05, 4.69) is 0 Å². The summed E-state index contributed by atoms with van der Waals surface area (Å²) in [6, 6.07) is 10.5. The van der Waals surface area contributed by atoms with Crippen molar-refractivity contribution in [2.45, 2.75) is 6.42 Å². The summed E-state index contributed by atoms with van der Waals surface area (Å²) in [6.45, 7) is -0.189. The number of carboxylic acids is 1. The average Bonchev–Trinajstić information content (AvgIpc) is 2.47. The van der Waals surface area contributed by atoms with E-state index < -0.39 is 23.5 Å². The van der Waals surface area contributed by atoms with Crippen LogP contribution in [0.2, 0.25) is 0 Å². The van der Waals surface area contributed by atoms with Crippen molar-refractivity contribution in [2.75, 3.05) is 11.4 Å². The van der Waals surface area contributed by atoms with Crippen LogP contribution in [0.15, 0.2) is 48.5 Å². The molecule has 0 aliphatic rings. The van der Waals surface area contributed by atoms with Gasteiger partial charge in [-0.05, 0) is 30.3 Å². The highest BCUT2D eigenvalue weighted by Gasteiger charge is 2.21. The smallest absolute Gasteiger partial charge is 0.305 e. The minimum Gasteiger partial charge on any atom is -0.481 e. The Kier molecular flexibility index (Phi) is 4.83. The Hall–Kier alpha value is -2.76. The molecule has 0 fully saturated rings. The topological polar surface area (TPSA) is 57.6 Å². The largest absolute Gasteiger partial charge is 0.481 e. The molecule has 0 unspecified atom stereocenters. The molecule has 1 N–H and O–H groups in total. The molecule has 2 aromatic carbocycles. The molecule has 0 aliphatic heterocycles. The lowest BCUT2D eigenvalue weighted by molar-refractivity contribution is -0.136. The zero-order chi connectivity index (χ0) is 16.1. The molecule has 0 aliphatic carbocycles. The number of carbonyl (C=O) groups excluding carboxylic acids is 1. The van der Waals surface area contributed by atoms with Gasteiger partial charge in [0.05, 0.1) is 12.0 Å². The first-order valence-electron chi connectivity index (χ1n) is 6.53. The van der Waals surface area contributed by atoms with Gasteiger partial charge in [-0.15, -0.1) is 0 Å². The van der Waals surface area contributed by atoms with Gasteiger partial charge < -0.3 is 10.0 Å². The molecule has 0 saturated heterocycles. The van der Waals surface area contributed by atoms with Crippen molar-refractivity contribution in [1.82, 2.24) is 0 Å². The molecule has 0 heterocycles. The Bertz CT molecular complexity index is 703. The molecule has 114 valence electrons. The first-order valence-corrected chi connectivity index (χ1v) is 6.53. The minimum absolute atomic E-state index is 0.175. The van der Waals surface area contributed by atoms with E-state index in [0.29, 0.717) is 0 Å². The van der Waals surface area contributed by atoms with Gasteiger partial charge in [0.2, 0.25) is 0 Å². The second-order valence-corrected chi connectivity index (χ2v) is 4.56. The number of anilines is 1. The number of nitrogens with zero attached hydrogens (tertiary/aromatic N) is 1. The van der Waals surface area contributed by atoms with Crippen LogP contribution < -0.4 is 4.90 Å². The van der Waals surface area contributed by atoms with E-state index in [1.807, 2.05) is 0 Å². The van der Waals surface area contributed by atoms with Crippen LogP contribution in [0.1, 0.15) is 16.8 Å². The van der Waals surface area contributed by atoms with Gasteiger partial charge in [0.25, 0.3) is 5.91 Å². The lowest BCUT2D eigenvalue weighted by Crippen LogP contribution is -2.33. The van der Waals surface area contributed by atoms with Crippen LogP contribution in [-0.4, -0.2) is 23.5 Å². The van der Waals surface area contributed by atoms with Crippen LogP contribution >= 0.6 is 0 Å². The standard InChI is InChI=1S/C16H13F2NO3/c17-11-4-3-5-12(10-11)19(9-8-15(20)21)16(22)13-6-1-2-7-14(13)18/h1-7,10H,8-9H2,(H,20,21). The van der Waals surface area contributed by atoms with Gasteiger partial charge in [0.15, 0.2) is 0 Å². The summed E-state index contributed by atoms with van der Waals surface area (Å²) in [6.07, 6.45) is -0.337. The zero-order valence-electron chi connectivity index (χ0n) is 11.5. The molecule has 4 nitrogen and oxygen atoms in total. The molecule has 0 aromatic heterocycles. The van der Waals surface area contributed by atoms with Gasteiger partial charge in [-0.25, -0.2) is 8.78 Å². The van der Waals surface area contributed by atoms with E-state index in [4.69, 9.17) is 5.11 Å². The Balaban J connectivity index is 2.37. The normalized spacial score (nSPS) is 10.3. The number of benzene rings is 2. The van der Waals surface area contributed by atoms with Gasteiger partial charge >= 0.3 is 5.97 Å². The molecule has 22 heavy (non-hydrogen) atoms. The maximum atomic E-state index is 13.8. The fraction of sp³-hybridized carbons (Fsp3) is 0.125. The number of aliphatic carboxylic acids is 1. The first-order chi connectivity index (χ1) is 10.5. The molecule has 6 heteroatoms. The number of amides is 1. The third kappa shape index (κ3) is 3.66. The predicted molar refractivity (Wildman–Crippen MR) is 76.7 cm³/mol. The lowest BCUT2D eigenvalue weighted by Gasteiger charge is -2.22. The Morgan fingerprint density at radius 2 is 1.77 bits per heavy atom. The molecule has 0 bridgehead atoms. The summed E-state index contributed by atoms with van der Waals surface area (Å²) < 4.78 is 27.1. The second kappa shape index (κ2) is 6.80. The first kappa shape index (κ1) is 15.6. The van der Waals surface area contributed by atoms with Gasteiger partial charge in [0.1, 0.15) is 11.6 Å². The number of halogens is 2. The highest BCUT2D eigenvalue weighted by Crippen LogP contribution is 2.20. The van der Waals surface area contributed by atoms with Crippen LogP contribution in [0.3, 0.4) is 0 Å². The third-order valence-corrected chi connectivity index (χ3v) is 3.02. The van der Waals surface area contributed by atoms with Crippen molar-refractivity contribution < 1.29 is 23.5 Å². The van der Waals surface area contributed by atoms with Crippen molar-refractivity contribution in [3.8, 4) is 0 Å². The molecule has 0 radical (unpaired) electrons. The Labute approximate surface area is 125 Å². The monoisotopic (exact) mass is 305 g/mol. The van der Waals surface area contributed by atoms with E-state index in [9.17, 15) is 18.4 Å². The van der Waals surface area contributed by atoms with Crippen LogP contribution in [-0.2, 0) is 4.79 Å². The van der Waals surface area contributed by atoms with Gasteiger partial charge in [0, 0.05) is 12.2 Å². The van der Waals surface area contributed by atoms with Crippen LogP contribution in [0.25, 0.3) is 0 Å². The SMILES string of the molecule is O=C(O)CCN(C(=O)c1ccccc1F)c1cccc(F)c1. The molecule has 1 amide bonds. The molecular formula is C16H13F2NO3. The number of hydrogen-bond donors (Lipinski definition) is 1. The summed E-state index contributed by atoms with van der Waals surface area (Å²) in [4.78, 5) is 24.3. The van der Waals surface area contributed by atoms with E-state index in [1.165, 1.54) is 36.4 Å². The number of carbonyl (C=O) groups is 2. The molecule has 0 saturated carbocycles. The number of hydrogen-bond acceptors (Lipinski definition) is 2. The van der Waals surface area contributed by atoms with Crippen molar-refractivity contribution >= 4 is 17.6 Å². The van der Waals surface area contributed by atoms with E-state index in [1.54, 1.807) is 0 Å². The number of rotatable bonds is 5. The highest BCUT2D eigenvalue weighted by molar-refractivity contribution is 6.06. The van der Waals surface area contributed by atoms with Crippen LogP contribution in [0.4, 0.5) is 14.5 Å². The quantitative estimate of drug-likeness (QED) is 0.923. The van der Waals surface area contributed by atoms with E-state index in [0.717, 1.165) is 17.0 Å². The predicted octanol–water partition coefficient (Wildman–Crippen LogP) is 3.09. The molecular weight excluding hydrogens is 292 g/mol. The second-order valence-electron chi connectivity index (χ2n) is 4.56. The van der Waals surface area contributed by atoms with Crippen LogP contribution in [0.5, 0.6) is 0 Å². The van der Waals surface area contributed by atoms with Crippen molar-refractivity contribution in [3.63, 3.8) is 0 Å². The molecule has 2 rings (SSSR count). The summed E-state index contributed by atoms with van der Waals surface area (Å²) in [7, 11) is 0. The van der Waals surface area contributed by atoms with Gasteiger partial charge in [-0.3, -0.25) is 9.59 Å². The minimum atomic E-state index is -1.11. The summed E-state index contributed by atoms with van der Waals surface area (Å²) in [5.74, 6) is -3.11. The maximum absolute atomic E-state index is 13.8. The highest BCUT2D eigenvalue weighted by atomic mass is 19.1. The Morgan fingerprint density at radius 1 is 1.05 bits per heavy atom. The van der Waals surface area contributed by atoms with Crippen molar-refractivity contribution in [2.24, 2.45) is 0 Å². The third-order valence-electron chi connectivity index (χ3n) is 3.02. The fourth-order valence-electron chi connectivity index (χ4n) is 1.98. The van der Waals surface area contributed by atoms with Crippen LogP contribution in [0, 0.1) is 11.6 Å². The molecule has 0 spiro atoms. The van der Waals surface area contributed by atoms with Gasteiger partial charge in [-0.2, -0.15) is 0 Å². The number of carboxylic acid groups (broad SMARTS) is 1. The average molecular weight is 305 g/mol. The summed E-state index contributed by atoms with van der Waals surface area (Å²) in [5, 5.41) is 8.78. The maximum Gasteiger partial charge on any atom is 0.305 e. The zero-order valence-corrected chi connectivity index (χ0v) is 11.5. The van der Waals surface area contributed by atoms with Gasteiger partial charge in [-0.1, -0.05) is 18.2 Å². The summed E-state index contributed by atoms with van der Waals surface area (Å²) >= 11 is 0. The molecule has 0 atom stereocenters. The lowest BCUT2D eigenvalue weighted by atomic mass is 10.1. The molecule has 2 aromatic rings. The van der Waals surface area contributed by atoms with E-state index >= 15 is 0 Å². The van der Waals surface area contributed by atoms with Crippen molar-refractivity contribution in [1.29, 1.82) is 0 Å². The van der Waals surface area contributed by atoms with Crippen molar-refractivity contribution in [3.05, 3.63) is 65.7 Å². The Morgan fingerprint density at radius 3 is 2.41 bits per heavy atom. The van der Waals surface area contributed by atoms with E-state index in [-0.39, 0.29) is 24.2 Å².